The van der Waals surface area contributed by atoms with Gasteiger partial charge >= 0.3 is 0 Å². The van der Waals surface area contributed by atoms with E-state index in [1.54, 1.807) is 25.5 Å². The summed E-state index contributed by atoms with van der Waals surface area (Å²) in [5, 5.41) is 10.1. The van der Waals surface area contributed by atoms with Crippen LogP contribution >= 0.6 is 11.3 Å². The molecule has 6 nitrogen and oxygen atoms in total. The molecule has 0 bridgehead atoms. The minimum atomic E-state index is 0.0904. The Morgan fingerprint density at radius 3 is 2.68 bits per heavy atom. The van der Waals surface area contributed by atoms with Crippen molar-refractivity contribution in [2.75, 3.05) is 45.2 Å². The van der Waals surface area contributed by atoms with Crippen LogP contribution in [0.1, 0.15) is 39.3 Å². The Bertz CT molecular complexity index is 546. The predicted octanol–water partition coefficient (Wildman–Crippen LogP) is 2.51. The third-order valence-corrected chi connectivity index (χ3v) is 5.47. The molecule has 25 heavy (non-hydrogen) atoms. The summed E-state index contributed by atoms with van der Waals surface area (Å²) in [6, 6.07) is 0. The first kappa shape index (κ1) is 20.0. The Morgan fingerprint density at radius 1 is 1.36 bits per heavy atom. The topological polar surface area (TPSA) is 61.8 Å². The summed E-state index contributed by atoms with van der Waals surface area (Å²) in [5.41, 5.74) is 1.24. The molecular formula is C18H33N5OS. The lowest BCUT2D eigenvalue weighted by atomic mass is 9.89. The molecule has 1 fully saturated rings. The average Bonchev–Trinajstić information content (AvgIpc) is 3.23. The van der Waals surface area contributed by atoms with Crippen LogP contribution in [0.4, 0.5) is 5.13 Å². The second-order valence-electron chi connectivity index (χ2n) is 7.54. The van der Waals surface area contributed by atoms with Crippen molar-refractivity contribution >= 4 is 22.4 Å². The number of aliphatic imine (C=N–C) groups is 1. The normalized spacial score (nSPS) is 17.0. The van der Waals surface area contributed by atoms with E-state index in [9.17, 15) is 0 Å². The molecule has 0 spiro atoms. The van der Waals surface area contributed by atoms with E-state index in [0.29, 0.717) is 0 Å². The lowest BCUT2D eigenvalue weighted by Gasteiger charge is -2.30. The van der Waals surface area contributed by atoms with Gasteiger partial charge in [0.15, 0.2) is 11.1 Å². The van der Waals surface area contributed by atoms with E-state index in [1.165, 1.54) is 18.0 Å². The van der Waals surface area contributed by atoms with Crippen LogP contribution in [0.2, 0.25) is 0 Å². The highest BCUT2D eigenvalue weighted by Gasteiger charge is 2.24. The van der Waals surface area contributed by atoms with Crippen LogP contribution in [0, 0.1) is 5.41 Å². The number of methoxy groups -OCH3 is 1. The maximum Gasteiger partial charge on any atom is 0.191 e. The molecule has 0 saturated carbocycles. The number of nitrogens with one attached hydrogen (secondary N) is 2. The Labute approximate surface area is 156 Å². The SMILES string of the molecule is CN=C(NCCc1csc(N2CCCC2)n1)NCC(OC)C(C)(C)C. The smallest absolute Gasteiger partial charge is 0.191 e. The maximum atomic E-state index is 5.58. The third kappa shape index (κ3) is 6.15. The molecule has 1 aliphatic heterocycles. The number of aromatic nitrogens is 1. The summed E-state index contributed by atoms with van der Waals surface area (Å²) < 4.78 is 5.58. The summed E-state index contributed by atoms with van der Waals surface area (Å²) in [6.07, 6.45) is 3.61. The molecule has 1 aromatic rings. The molecule has 0 aliphatic carbocycles. The molecule has 1 aliphatic rings. The zero-order chi connectivity index (χ0) is 18.3. The van der Waals surface area contributed by atoms with Crippen molar-refractivity contribution < 1.29 is 4.74 Å². The maximum absolute atomic E-state index is 5.58. The fourth-order valence-electron chi connectivity index (χ4n) is 2.93. The van der Waals surface area contributed by atoms with Gasteiger partial charge < -0.3 is 20.3 Å². The van der Waals surface area contributed by atoms with E-state index in [0.717, 1.165) is 44.3 Å². The van der Waals surface area contributed by atoms with Gasteiger partial charge in [0, 0.05) is 52.1 Å². The Kier molecular flexibility index (Phi) is 7.50. The Balaban J connectivity index is 1.74. The first-order valence-electron chi connectivity index (χ1n) is 9.10. The van der Waals surface area contributed by atoms with Crippen LogP contribution in [0.15, 0.2) is 10.4 Å². The van der Waals surface area contributed by atoms with Crippen molar-refractivity contribution in [3.05, 3.63) is 11.1 Å². The van der Waals surface area contributed by atoms with Gasteiger partial charge in [0.25, 0.3) is 0 Å². The number of guanidine groups is 1. The average molecular weight is 368 g/mol. The minimum Gasteiger partial charge on any atom is -0.379 e. The third-order valence-electron chi connectivity index (χ3n) is 4.52. The molecule has 2 heterocycles. The summed E-state index contributed by atoms with van der Waals surface area (Å²) >= 11 is 1.76. The molecule has 1 saturated heterocycles. The minimum absolute atomic E-state index is 0.0904. The molecule has 142 valence electrons. The second-order valence-corrected chi connectivity index (χ2v) is 8.37. The van der Waals surface area contributed by atoms with Gasteiger partial charge in [-0.15, -0.1) is 11.3 Å². The van der Waals surface area contributed by atoms with Crippen LogP contribution < -0.4 is 15.5 Å². The van der Waals surface area contributed by atoms with Crippen molar-refractivity contribution in [1.82, 2.24) is 15.6 Å². The summed E-state index contributed by atoms with van der Waals surface area (Å²) in [5.74, 6) is 0.807. The monoisotopic (exact) mass is 367 g/mol. The number of nitrogens with zero attached hydrogens (tertiary/aromatic N) is 3. The van der Waals surface area contributed by atoms with Crippen molar-refractivity contribution in [1.29, 1.82) is 0 Å². The van der Waals surface area contributed by atoms with Crippen LogP contribution in [-0.4, -0.2) is 57.4 Å². The Hall–Kier alpha value is -1.34. The quantitative estimate of drug-likeness (QED) is 0.573. The molecule has 2 N–H and O–H groups in total. The van der Waals surface area contributed by atoms with Crippen molar-refractivity contribution in [2.24, 2.45) is 10.4 Å². The standard InChI is InChI=1S/C18H33N5OS/c1-18(2,3)15(24-5)12-21-16(19-4)20-9-8-14-13-25-17(22-14)23-10-6-7-11-23/h13,15H,6-12H2,1-5H3,(H2,19,20,21). The van der Waals surface area contributed by atoms with Gasteiger partial charge in [-0.25, -0.2) is 4.98 Å². The summed E-state index contributed by atoms with van der Waals surface area (Å²) in [4.78, 5) is 11.4. The fourth-order valence-corrected chi connectivity index (χ4v) is 3.84. The zero-order valence-electron chi connectivity index (χ0n) is 16.3. The van der Waals surface area contributed by atoms with E-state index in [-0.39, 0.29) is 11.5 Å². The number of thiazole rings is 1. The molecule has 1 aromatic heterocycles. The van der Waals surface area contributed by atoms with Crippen LogP contribution in [0.3, 0.4) is 0 Å². The molecule has 7 heteroatoms. The van der Waals surface area contributed by atoms with Gasteiger partial charge in [0.2, 0.25) is 0 Å². The first-order valence-corrected chi connectivity index (χ1v) is 9.98. The number of ether oxygens (including phenoxy) is 1. The van der Waals surface area contributed by atoms with E-state index < -0.39 is 0 Å². The number of anilines is 1. The van der Waals surface area contributed by atoms with Crippen LogP contribution in [0.5, 0.6) is 0 Å². The molecule has 1 unspecified atom stereocenters. The van der Waals surface area contributed by atoms with Crippen molar-refractivity contribution in [3.8, 4) is 0 Å². The molecule has 2 rings (SSSR count). The molecular weight excluding hydrogens is 334 g/mol. The van der Waals surface area contributed by atoms with Gasteiger partial charge in [0.05, 0.1) is 11.8 Å². The van der Waals surface area contributed by atoms with Gasteiger partial charge in [-0.05, 0) is 18.3 Å². The van der Waals surface area contributed by atoms with Gasteiger partial charge in [0.1, 0.15) is 0 Å². The van der Waals surface area contributed by atoms with Crippen LogP contribution in [-0.2, 0) is 11.2 Å². The number of hydrogen-bond acceptors (Lipinski definition) is 5. The van der Waals surface area contributed by atoms with Gasteiger partial charge in [-0.2, -0.15) is 0 Å². The van der Waals surface area contributed by atoms with Crippen molar-refractivity contribution in [2.45, 2.75) is 46.1 Å². The van der Waals surface area contributed by atoms with E-state index in [4.69, 9.17) is 9.72 Å². The van der Waals surface area contributed by atoms with Crippen molar-refractivity contribution in [3.63, 3.8) is 0 Å². The highest BCUT2D eigenvalue weighted by molar-refractivity contribution is 7.13. The first-order chi connectivity index (χ1) is 11.9. The zero-order valence-corrected chi connectivity index (χ0v) is 17.1. The van der Waals surface area contributed by atoms with Crippen LogP contribution in [0.25, 0.3) is 0 Å². The Morgan fingerprint density at radius 2 is 2.08 bits per heavy atom. The number of rotatable bonds is 7. The van der Waals surface area contributed by atoms with Gasteiger partial charge in [-0.1, -0.05) is 20.8 Å². The second kappa shape index (κ2) is 9.38. The van der Waals surface area contributed by atoms with E-state index in [2.05, 4.69) is 46.7 Å². The molecule has 0 amide bonds. The highest BCUT2D eigenvalue weighted by atomic mass is 32.1. The number of hydrogen-bond donors (Lipinski definition) is 2. The van der Waals surface area contributed by atoms with E-state index >= 15 is 0 Å². The lowest BCUT2D eigenvalue weighted by Crippen LogP contribution is -2.45. The van der Waals surface area contributed by atoms with E-state index in [1.807, 2.05) is 0 Å². The fraction of sp³-hybridized carbons (Fsp3) is 0.778. The summed E-state index contributed by atoms with van der Waals surface area (Å²) in [6.45, 7) is 10.4. The molecule has 0 aromatic carbocycles. The summed E-state index contributed by atoms with van der Waals surface area (Å²) in [7, 11) is 3.55. The predicted molar refractivity (Wildman–Crippen MR) is 107 cm³/mol. The highest BCUT2D eigenvalue weighted by Crippen LogP contribution is 2.24. The van der Waals surface area contributed by atoms with Gasteiger partial charge in [-0.3, -0.25) is 4.99 Å². The largest absolute Gasteiger partial charge is 0.379 e. The lowest BCUT2D eigenvalue weighted by molar-refractivity contribution is 0.0205. The molecule has 0 radical (unpaired) electrons. The molecule has 1 atom stereocenters.